The lowest BCUT2D eigenvalue weighted by Gasteiger charge is -2.20. The standard InChI is InChI=1S/C13H17ClN2O2S/c1-3-10(4-2)13(9-15)16-19(17,18)12-7-5-11(14)6-8-12/h5-8,10,13,16H,3-4H2,1-2H3. The molecule has 1 rings (SSSR count). The predicted octanol–water partition coefficient (Wildman–Crippen LogP) is 2.95. The van der Waals surface area contributed by atoms with Gasteiger partial charge in [0, 0.05) is 5.02 Å². The Kier molecular flexibility index (Phi) is 5.80. The van der Waals surface area contributed by atoms with Gasteiger partial charge < -0.3 is 0 Å². The summed E-state index contributed by atoms with van der Waals surface area (Å²) in [5.41, 5.74) is 0. The van der Waals surface area contributed by atoms with E-state index in [1.54, 1.807) is 0 Å². The van der Waals surface area contributed by atoms with Crippen molar-refractivity contribution in [3.05, 3.63) is 29.3 Å². The van der Waals surface area contributed by atoms with Crippen molar-refractivity contribution in [2.24, 2.45) is 5.92 Å². The van der Waals surface area contributed by atoms with Crippen molar-refractivity contribution < 1.29 is 8.42 Å². The lowest BCUT2D eigenvalue weighted by molar-refractivity contribution is 0.424. The Morgan fingerprint density at radius 2 is 1.79 bits per heavy atom. The Morgan fingerprint density at radius 3 is 2.21 bits per heavy atom. The zero-order valence-corrected chi connectivity index (χ0v) is 12.5. The van der Waals surface area contributed by atoms with Gasteiger partial charge in [-0.3, -0.25) is 0 Å². The first-order valence-electron chi connectivity index (χ1n) is 6.12. The van der Waals surface area contributed by atoms with Crippen LogP contribution < -0.4 is 4.72 Å². The van der Waals surface area contributed by atoms with Gasteiger partial charge in [0.2, 0.25) is 10.0 Å². The van der Waals surface area contributed by atoms with Crippen LogP contribution in [0.5, 0.6) is 0 Å². The molecule has 0 radical (unpaired) electrons. The third kappa shape index (κ3) is 4.20. The number of hydrogen-bond donors (Lipinski definition) is 1. The van der Waals surface area contributed by atoms with Crippen LogP contribution in [-0.2, 0) is 10.0 Å². The number of rotatable bonds is 6. The molecule has 104 valence electrons. The van der Waals surface area contributed by atoms with Crippen molar-refractivity contribution in [2.75, 3.05) is 0 Å². The minimum atomic E-state index is -3.68. The molecular weight excluding hydrogens is 284 g/mol. The van der Waals surface area contributed by atoms with Crippen LogP contribution in [0.4, 0.5) is 0 Å². The van der Waals surface area contributed by atoms with Gasteiger partial charge in [-0.15, -0.1) is 0 Å². The quantitative estimate of drug-likeness (QED) is 0.878. The molecule has 0 aliphatic carbocycles. The summed E-state index contributed by atoms with van der Waals surface area (Å²) >= 11 is 5.72. The first-order chi connectivity index (χ1) is 8.94. The predicted molar refractivity (Wildman–Crippen MR) is 75.2 cm³/mol. The Bertz CT molecular complexity index is 545. The van der Waals surface area contributed by atoms with Crippen molar-refractivity contribution >= 4 is 21.6 Å². The highest BCUT2D eigenvalue weighted by Gasteiger charge is 2.24. The Morgan fingerprint density at radius 1 is 1.26 bits per heavy atom. The van der Waals surface area contributed by atoms with Gasteiger partial charge in [0.1, 0.15) is 6.04 Å². The van der Waals surface area contributed by atoms with Crippen molar-refractivity contribution in [3.63, 3.8) is 0 Å². The first kappa shape index (κ1) is 16.0. The average Bonchev–Trinajstić information content (AvgIpc) is 2.39. The maximum absolute atomic E-state index is 12.1. The second kappa shape index (κ2) is 6.90. The molecule has 0 amide bonds. The summed E-state index contributed by atoms with van der Waals surface area (Å²) in [6.45, 7) is 3.88. The van der Waals surface area contributed by atoms with E-state index in [0.717, 1.165) is 12.8 Å². The monoisotopic (exact) mass is 300 g/mol. The summed E-state index contributed by atoms with van der Waals surface area (Å²) in [5.74, 6) is 0.00655. The van der Waals surface area contributed by atoms with Gasteiger partial charge in [-0.05, 0) is 30.2 Å². The molecule has 0 bridgehead atoms. The number of nitrogens with zero attached hydrogens (tertiary/aromatic N) is 1. The van der Waals surface area contributed by atoms with E-state index >= 15 is 0 Å². The highest BCUT2D eigenvalue weighted by Crippen LogP contribution is 2.18. The fraction of sp³-hybridized carbons (Fsp3) is 0.462. The van der Waals surface area contributed by atoms with Crippen LogP contribution in [0.15, 0.2) is 29.2 Å². The molecule has 6 heteroatoms. The molecule has 4 nitrogen and oxygen atoms in total. The summed E-state index contributed by atoms with van der Waals surface area (Å²) in [6.07, 6.45) is 1.50. The Balaban J connectivity index is 2.96. The summed E-state index contributed by atoms with van der Waals surface area (Å²) in [7, 11) is -3.68. The SMILES string of the molecule is CCC(CC)C(C#N)NS(=O)(=O)c1ccc(Cl)cc1. The van der Waals surface area contributed by atoms with Crippen molar-refractivity contribution in [1.29, 1.82) is 5.26 Å². The lowest BCUT2D eigenvalue weighted by Crippen LogP contribution is -2.38. The summed E-state index contributed by atoms with van der Waals surface area (Å²) in [5, 5.41) is 9.58. The fourth-order valence-electron chi connectivity index (χ4n) is 1.84. The Labute approximate surface area is 119 Å². The van der Waals surface area contributed by atoms with Crippen molar-refractivity contribution in [1.82, 2.24) is 4.72 Å². The number of hydrogen-bond acceptors (Lipinski definition) is 3. The van der Waals surface area contributed by atoms with Crippen molar-refractivity contribution in [2.45, 2.75) is 37.6 Å². The van der Waals surface area contributed by atoms with E-state index in [4.69, 9.17) is 16.9 Å². The molecular formula is C13H17ClN2O2S. The van der Waals surface area contributed by atoms with Gasteiger partial charge in [-0.2, -0.15) is 9.98 Å². The molecule has 1 atom stereocenters. The van der Waals surface area contributed by atoms with Gasteiger partial charge in [-0.1, -0.05) is 38.3 Å². The van der Waals surface area contributed by atoms with Gasteiger partial charge in [0.05, 0.1) is 11.0 Å². The second-order valence-electron chi connectivity index (χ2n) is 4.26. The van der Waals surface area contributed by atoms with E-state index in [-0.39, 0.29) is 10.8 Å². The maximum Gasteiger partial charge on any atom is 0.241 e. The number of benzene rings is 1. The van der Waals surface area contributed by atoms with Crippen LogP contribution >= 0.6 is 11.6 Å². The summed E-state index contributed by atoms with van der Waals surface area (Å²) in [4.78, 5) is 0.114. The van der Waals surface area contributed by atoms with Gasteiger partial charge in [-0.25, -0.2) is 8.42 Å². The molecule has 0 saturated carbocycles. The van der Waals surface area contributed by atoms with Crippen LogP contribution in [0, 0.1) is 17.2 Å². The molecule has 1 aromatic carbocycles. The molecule has 0 aliphatic rings. The van der Waals surface area contributed by atoms with E-state index in [1.807, 2.05) is 19.9 Å². The molecule has 1 aromatic rings. The summed E-state index contributed by atoms with van der Waals surface area (Å²) in [6, 6.07) is 7.17. The van der Waals surface area contributed by atoms with E-state index in [1.165, 1.54) is 24.3 Å². The maximum atomic E-state index is 12.1. The topological polar surface area (TPSA) is 70.0 Å². The normalized spacial score (nSPS) is 13.2. The molecule has 1 unspecified atom stereocenters. The average molecular weight is 301 g/mol. The molecule has 19 heavy (non-hydrogen) atoms. The number of nitriles is 1. The molecule has 0 spiro atoms. The van der Waals surface area contributed by atoms with Gasteiger partial charge >= 0.3 is 0 Å². The number of sulfonamides is 1. The highest BCUT2D eigenvalue weighted by atomic mass is 35.5. The Hall–Kier alpha value is -1.09. The smallest absolute Gasteiger partial charge is 0.207 e. The minimum Gasteiger partial charge on any atom is -0.207 e. The molecule has 1 N–H and O–H groups in total. The molecule has 0 aliphatic heterocycles. The summed E-state index contributed by atoms with van der Waals surface area (Å²) < 4.78 is 26.7. The second-order valence-corrected chi connectivity index (χ2v) is 6.41. The fourth-order valence-corrected chi connectivity index (χ4v) is 3.17. The molecule has 0 saturated heterocycles. The largest absolute Gasteiger partial charge is 0.241 e. The lowest BCUT2D eigenvalue weighted by atomic mass is 9.96. The number of halogens is 1. The van der Waals surface area contributed by atoms with Crippen LogP contribution in [0.1, 0.15) is 26.7 Å². The van der Waals surface area contributed by atoms with Gasteiger partial charge in [0.15, 0.2) is 0 Å². The zero-order chi connectivity index (χ0) is 14.5. The van der Waals surface area contributed by atoms with Crippen LogP contribution in [0.3, 0.4) is 0 Å². The minimum absolute atomic E-state index is 0.00655. The third-order valence-electron chi connectivity index (χ3n) is 3.07. The molecule has 0 fully saturated rings. The van der Waals surface area contributed by atoms with Crippen molar-refractivity contribution in [3.8, 4) is 6.07 Å². The van der Waals surface area contributed by atoms with E-state index < -0.39 is 16.1 Å². The van der Waals surface area contributed by atoms with E-state index in [9.17, 15) is 8.42 Å². The third-order valence-corrected chi connectivity index (χ3v) is 4.77. The van der Waals surface area contributed by atoms with Crippen LogP contribution in [-0.4, -0.2) is 14.5 Å². The highest BCUT2D eigenvalue weighted by molar-refractivity contribution is 7.89. The van der Waals surface area contributed by atoms with E-state index in [0.29, 0.717) is 5.02 Å². The first-order valence-corrected chi connectivity index (χ1v) is 7.98. The van der Waals surface area contributed by atoms with Gasteiger partial charge in [0.25, 0.3) is 0 Å². The zero-order valence-electron chi connectivity index (χ0n) is 10.9. The molecule has 0 aromatic heterocycles. The van der Waals surface area contributed by atoms with E-state index in [2.05, 4.69) is 4.72 Å². The number of nitrogens with one attached hydrogen (secondary N) is 1. The molecule has 0 heterocycles. The van der Waals surface area contributed by atoms with Crippen LogP contribution in [0.2, 0.25) is 5.02 Å². The van der Waals surface area contributed by atoms with Crippen LogP contribution in [0.25, 0.3) is 0 Å².